The first-order valence-electron chi connectivity index (χ1n) is 6.43. The maximum absolute atomic E-state index is 9.00. The molecule has 0 aromatic heterocycles. The predicted molar refractivity (Wildman–Crippen MR) is 61.3 cm³/mol. The number of nitriles is 1. The van der Waals surface area contributed by atoms with Crippen LogP contribution in [0.4, 0.5) is 0 Å². The molecule has 0 amide bonds. The molecule has 2 rings (SSSR count). The Morgan fingerprint density at radius 2 is 2.13 bits per heavy atom. The molecule has 2 fully saturated rings. The normalized spacial score (nSPS) is 33.3. The lowest BCUT2D eigenvalue weighted by Gasteiger charge is -2.42. The number of rotatable bonds is 4. The van der Waals surface area contributed by atoms with Crippen molar-refractivity contribution in [2.24, 2.45) is 11.3 Å². The topological polar surface area (TPSA) is 35.8 Å². The molecule has 0 heterocycles. The molecule has 0 spiro atoms. The van der Waals surface area contributed by atoms with Crippen LogP contribution in [-0.4, -0.2) is 12.6 Å². The number of nitrogens with one attached hydrogen (secondary N) is 1. The molecular weight excluding hydrogens is 184 g/mol. The highest BCUT2D eigenvalue weighted by atomic mass is 14.9. The SMILES string of the molecule is CCC1(CNC2CCCC2C#N)CCC1. The van der Waals surface area contributed by atoms with Gasteiger partial charge in [-0.2, -0.15) is 5.26 Å². The standard InChI is InChI=1S/C13H22N2/c1-2-13(7-4-8-13)10-15-12-6-3-5-11(12)9-14/h11-12,15H,2-8,10H2,1H3. The summed E-state index contributed by atoms with van der Waals surface area (Å²) in [6.45, 7) is 3.45. The fraction of sp³-hybridized carbons (Fsp3) is 0.923. The summed E-state index contributed by atoms with van der Waals surface area (Å²) in [4.78, 5) is 0. The van der Waals surface area contributed by atoms with Crippen LogP contribution in [0.5, 0.6) is 0 Å². The van der Waals surface area contributed by atoms with E-state index in [-0.39, 0.29) is 5.92 Å². The summed E-state index contributed by atoms with van der Waals surface area (Å²) < 4.78 is 0. The lowest BCUT2D eigenvalue weighted by Crippen LogP contribution is -2.44. The summed E-state index contributed by atoms with van der Waals surface area (Å²) in [5.41, 5.74) is 0.586. The van der Waals surface area contributed by atoms with Crippen molar-refractivity contribution < 1.29 is 0 Å². The van der Waals surface area contributed by atoms with Gasteiger partial charge >= 0.3 is 0 Å². The Morgan fingerprint density at radius 1 is 1.33 bits per heavy atom. The highest BCUT2D eigenvalue weighted by molar-refractivity contribution is 4.98. The van der Waals surface area contributed by atoms with Gasteiger partial charge in [0.2, 0.25) is 0 Å². The van der Waals surface area contributed by atoms with Crippen LogP contribution in [0.1, 0.15) is 51.9 Å². The van der Waals surface area contributed by atoms with E-state index in [1.165, 1.54) is 38.5 Å². The van der Waals surface area contributed by atoms with Crippen LogP contribution in [0.3, 0.4) is 0 Å². The highest BCUT2D eigenvalue weighted by Gasteiger charge is 2.36. The third-order valence-corrected chi connectivity index (χ3v) is 4.59. The number of nitrogens with zero attached hydrogens (tertiary/aromatic N) is 1. The maximum atomic E-state index is 9.00. The van der Waals surface area contributed by atoms with Gasteiger partial charge in [-0.25, -0.2) is 0 Å². The van der Waals surface area contributed by atoms with Crippen LogP contribution < -0.4 is 5.32 Å². The fourth-order valence-corrected chi connectivity index (χ4v) is 3.04. The van der Waals surface area contributed by atoms with Gasteiger partial charge in [0.05, 0.1) is 12.0 Å². The van der Waals surface area contributed by atoms with Crippen LogP contribution in [0.25, 0.3) is 0 Å². The van der Waals surface area contributed by atoms with Crippen molar-refractivity contribution in [3.8, 4) is 6.07 Å². The molecule has 2 heteroatoms. The van der Waals surface area contributed by atoms with E-state index in [9.17, 15) is 0 Å². The Morgan fingerprint density at radius 3 is 2.67 bits per heavy atom. The third-order valence-electron chi connectivity index (χ3n) is 4.59. The van der Waals surface area contributed by atoms with E-state index in [4.69, 9.17) is 5.26 Å². The van der Waals surface area contributed by atoms with E-state index < -0.39 is 0 Å². The molecule has 2 aliphatic rings. The molecule has 0 saturated heterocycles. The van der Waals surface area contributed by atoms with Gasteiger partial charge in [0.15, 0.2) is 0 Å². The smallest absolute Gasteiger partial charge is 0.0672 e. The molecule has 0 aromatic carbocycles. The summed E-state index contributed by atoms with van der Waals surface area (Å²) in [5.74, 6) is 0.277. The average Bonchev–Trinajstić information content (AvgIpc) is 2.64. The largest absolute Gasteiger partial charge is 0.312 e. The van der Waals surface area contributed by atoms with Crippen molar-refractivity contribution in [2.75, 3.05) is 6.54 Å². The van der Waals surface area contributed by atoms with Crippen molar-refractivity contribution in [3.05, 3.63) is 0 Å². The average molecular weight is 206 g/mol. The van der Waals surface area contributed by atoms with E-state index in [1.807, 2.05) is 0 Å². The quantitative estimate of drug-likeness (QED) is 0.767. The van der Waals surface area contributed by atoms with Crippen molar-refractivity contribution in [1.29, 1.82) is 5.26 Å². The summed E-state index contributed by atoms with van der Waals surface area (Å²) in [5, 5.41) is 12.7. The van der Waals surface area contributed by atoms with E-state index in [0.29, 0.717) is 11.5 Å². The molecule has 2 atom stereocenters. The van der Waals surface area contributed by atoms with Crippen LogP contribution in [0, 0.1) is 22.7 Å². The van der Waals surface area contributed by atoms with Gasteiger partial charge in [-0.15, -0.1) is 0 Å². The van der Waals surface area contributed by atoms with E-state index in [1.54, 1.807) is 0 Å². The van der Waals surface area contributed by atoms with Crippen LogP contribution in [0.15, 0.2) is 0 Å². The zero-order valence-corrected chi connectivity index (χ0v) is 9.76. The summed E-state index contributed by atoms with van der Waals surface area (Å²) >= 11 is 0. The van der Waals surface area contributed by atoms with Crippen LogP contribution in [-0.2, 0) is 0 Å². The van der Waals surface area contributed by atoms with Gasteiger partial charge in [0.1, 0.15) is 0 Å². The Balaban J connectivity index is 1.80. The predicted octanol–water partition coefficient (Wildman–Crippen LogP) is 2.85. The molecule has 2 saturated carbocycles. The van der Waals surface area contributed by atoms with Gasteiger partial charge in [0, 0.05) is 12.6 Å². The van der Waals surface area contributed by atoms with Crippen molar-refractivity contribution in [2.45, 2.75) is 57.9 Å². The molecule has 0 bridgehead atoms. The molecule has 84 valence electrons. The summed E-state index contributed by atoms with van der Waals surface area (Å²) in [7, 11) is 0. The minimum atomic E-state index is 0.277. The summed E-state index contributed by atoms with van der Waals surface area (Å²) in [6.07, 6.45) is 9.02. The van der Waals surface area contributed by atoms with Gasteiger partial charge in [-0.1, -0.05) is 19.8 Å². The minimum absolute atomic E-state index is 0.277. The van der Waals surface area contributed by atoms with Gasteiger partial charge in [0.25, 0.3) is 0 Å². The second kappa shape index (κ2) is 4.53. The number of hydrogen-bond acceptors (Lipinski definition) is 2. The first-order chi connectivity index (χ1) is 7.29. The zero-order chi connectivity index (χ0) is 10.7. The Hall–Kier alpha value is -0.550. The second-order valence-corrected chi connectivity index (χ2v) is 5.36. The Kier molecular flexibility index (Phi) is 3.31. The summed E-state index contributed by atoms with van der Waals surface area (Å²) in [6, 6.07) is 2.93. The molecule has 2 unspecified atom stereocenters. The molecule has 2 aliphatic carbocycles. The van der Waals surface area contributed by atoms with Crippen molar-refractivity contribution in [3.63, 3.8) is 0 Å². The first-order valence-corrected chi connectivity index (χ1v) is 6.43. The second-order valence-electron chi connectivity index (χ2n) is 5.36. The Bertz CT molecular complexity index is 244. The van der Waals surface area contributed by atoms with E-state index >= 15 is 0 Å². The molecule has 0 aliphatic heterocycles. The fourth-order valence-electron chi connectivity index (χ4n) is 3.04. The lowest BCUT2D eigenvalue weighted by molar-refractivity contribution is 0.117. The number of hydrogen-bond donors (Lipinski definition) is 1. The molecule has 1 N–H and O–H groups in total. The van der Waals surface area contributed by atoms with Gasteiger partial charge in [-0.05, 0) is 37.5 Å². The van der Waals surface area contributed by atoms with Gasteiger partial charge in [-0.3, -0.25) is 0 Å². The minimum Gasteiger partial charge on any atom is -0.312 e. The monoisotopic (exact) mass is 206 g/mol. The lowest BCUT2D eigenvalue weighted by atomic mass is 9.67. The molecule has 15 heavy (non-hydrogen) atoms. The van der Waals surface area contributed by atoms with Crippen LogP contribution in [0.2, 0.25) is 0 Å². The van der Waals surface area contributed by atoms with E-state index in [2.05, 4.69) is 18.3 Å². The Labute approximate surface area is 93.0 Å². The molecule has 0 aromatic rings. The van der Waals surface area contributed by atoms with E-state index in [0.717, 1.165) is 13.0 Å². The van der Waals surface area contributed by atoms with Crippen molar-refractivity contribution in [1.82, 2.24) is 5.32 Å². The third kappa shape index (κ3) is 2.18. The molecular formula is C13H22N2. The van der Waals surface area contributed by atoms with Crippen molar-refractivity contribution >= 4 is 0 Å². The molecule has 2 nitrogen and oxygen atoms in total. The molecule has 0 radical (unpaired) electrons. The maximum Gasteiger partial charge on any atom is 0.0672 e. The van der Waals surface area contributed by atoms with Gasteiger partial charge < -0.3 is 5.32 Å². The highest BCUT2D eigenvalue weighted by Crippen LogP contribution is 2.43. The van der Waals surface area contributed by atoms with Crippen LogP contribution >= 0.6 is 0 Å². The first kappa shape index (κ1) is 11.0. The zero-order valence-electron chi connectivity index (χ0n) is 9.76.